The first-order valence-electron chi connectivity index (χ1n) is 7.14. The number of rotatable bonds is 10. The van der Waals surface area contributed by atoms with E-state index >= 15 is 0 Å². The summed E-state index contributed by atoms with van der Waals surface area (Å²) in [5.41, 5.74) is 7.18. The van der Waals surface area contributed by atoms with Gasteiger partial charge in [0.05, 0.1) is 13.2 Å². The van der Waals surface area contributed by atoms with Gasteiger partial charge in [0.25, 0.3) is 0 Å². The summed E-state index contributed by atoms with van der Waals surface area (Å²) >= 11 is 6.09. The summed E-state index contributed by atoms with van der Waals surface area (Å²) in [4.78, 5) is 2.09. The van der Waals surface area contributed by atoms with E-state index in [4.69, 9.17) is 32.2 Å². The molecule has 0 heterocycles. The molecule has 6 heteroatoms. The van der Waals surface area contributed by atoms with E-state index in [1.54, 1.807) is 12.1 Å². The van der Waals surface area contributed by atoms with Gasteiger partial charge in [-0.05, 0) is 32.0 Å². The molecule has 1 aromatic carbocycles. The average molecular weight is 314 g/mol. The van der Waals surface area contributed by atoms with Gasteiger partial charge < -0.3 is 20.1 Å². The maximum Gasteiger partial charge on any atom is 0.124 e. The van der Waals surface area contributed by atoms with Crippen molar-refractivity contribution in [3.63, 3.8) is 0 Å². The third kappa shape index (κ3) is 5.91. The van der Waals surface area contributed by atoms with Crippen LogP contribution in [0.3, 0.4) is 0 Å². The Hall–Kier alpha value is -1.30. The highest BCUT2D eigenvalue weighted by Crippen LogP contribution is 2.24. The van der Waals surface area contributed by atoms with Crippen molar-refractivity contribution in [2.75, 3.05) is 44.4 Å². The molecule has 0 aliphatic carbocycles. The van der Waals surface area contributed by atoms with E-state index in [-0.39, 0.29) is 5.84 Å². The molecule has 0 bridgehead atoms. The molecule has 0 saturated carbocycles. The number of anilines is 1. The minimum atomic E-state index is 0.0273. The fourth-order valence-electron chi connectivity index (χ4n) is 1.99. The van der Waals surface area contributed by atoms with Crippen molar-refractivity contribution in [2.24, 2.45) is 5.73 Å². The molecule has 1 aromatic rings. The lowest BCUT2D eigenvalue weighted by Gasteiger charge is -2.27. The van der Waals surface area contributed by atoms with Gasteiger partial charge in [0.15, 0.2) is 0 Å². The molecule has 0 saturated heterocycles. The first-order chi connectivity index (χ1) is 10.1. The molecule has 0 aromatic heterocycles. The Labute approximate surface area is 131 Å². The van der Waals surface area contributed by atoms with E-state index in [9.17, 15) is 0 Å². The van der Waals surface area contributed by atoms with Gasteiger partial charge in [-0.1, -0.05) is 11.6 Å². The monoisotopic (exact) mass is 313 g/mol. The second-order valence-electron chi connectivity index (χ2n) is 4.46. The molecule has 0 spiro atoms. The van der Waals surface area contributed by atoms with Crippen molar-refractivity contribution >= 4 is 23.1 Å². The van der Waals surface area contributed by atoms with Crippen LogP contribution in [-0.2, 0) is 9.47 Å². The van der Waals surface area contributed by atoms with Crippen LogP contribution in [0.4, 0.5) is 5.69 Å². The van der Waals surface area contributed by atoms with Crippen LogP contribution in [0.25, 0.3) is 0 Å². The quantitative estimate of drug-likeness (QED) is 0.395. The maximum atomic E-state index is 7.71. The minimum absolute atomic E-state index is 0.0273. The highest BCUT2D eigenvalue weighted by Gasteiger charge is 2.14. The Morgan fingerprint density at radius 2 is 1.76 bits per heavy atom. The van der Waals surface area contributed by atoms with E-state index in [1.165, 1.54) is 0 Å². The van der Waals surface area contributed by atoms with Crippen LogP contribution in [-0.4, -0.2) is 45.4 Å². The molecule has 5 nitrogen and oxygen atoms in total. The first-order valence-corrected chi connectivity index (χ1v) is 7.52. The third-order valence-corrected chi connectivity index (χ3v) is 3.25. The number of hydrogen-bond donors (Lipinski definition) is 2. The molecule has 0 radical (unpaired) electrons. The summed E-state index contributed by atoms with van der Waals surface area (Å²) in [6.07, 6.45) is 0. The van der Waals surface area contributed by atoms with Crippen molar-refractivity contribution in [3.8, 4) is 0 Å². The predicted octanol–water partition coefficient (Wildman–Crippen LogP) is 2.50. The fourth-order valence-corrected chi connectivity index (χ4v) is 2.15. The number of nitrogens with zero attached hydrogens (tertiary/aromatic N) is 1. The predicted molar refractivity (Wildman–Crippen MR) is 87.7 cm³/mol. The summed E-state index contributed by atoms with van der Waals surface area (Å²) in [5.74, 6) is 0.0273. The first kappa shape index (κ1) is 17.8. The summed E-state index contributed by atoms with van der Waals surface area (Å²) in [5, 5.41) is 8.33. The number of nitrogen functional groups attached to an aromatic ring is 1. The summed E-state index contributed by atoms with van der Waals surface area (Å²) in [6, 6.07) is 5.34. The number of hydrogen-bond acceptors (Lipinski definition) is 4. The molecule has 0 amide bonds. The average Bonchev–Trinajstić information content (AvgIpc) is 2.45. The van der Waals surface area contributed by atoms with Gasteiger partial charge in [0.2, 0.25) is 0 Å². The number of benzene rings is 1. The van der Waals surface area contributed by atoms with E-state index in [2.05, 4.69) is 4.90 Å². The topological polar surface area (TPSA) is 71.6 Å². The van der Waals surface area contributed by atoms with Gasteiger partial charge in [-0.25, -0.2) is 0 Å². The SMILES string of the molecule is CCOCCN(CCOCC)c1cc(Cl)ccc1C(=N)N. The standard InChI is InChI=1S/C15H24ClN3O2/c1-3-20-9-7-19(8-10-21-4-2)14-11-12(16)5-6-13(14)15(17)18/h5-6,11H,3-4,7-10H2,1-2H3,(H3,17,18). The van der Waals surface area contributed by atoms with Crippen LogP contribution < -0.4 is 10.6 Å². The number of nitrogens with one attached hydrogen (secondary N) is 1. The van der Waals surface area contributed by atoms with E-state index < -0.39 is 0 Å². The lowest BCUT2D eigenvalue weighted by molar-refractivity contribution is 0.141. The van der Waals surface area contributed by atoms with Gasteiger partial charge in [-0.15, -0.1) is 0 Å². The van der Waals surface area contributed by atoms with Gasteiger partial charge in [0, 0.05) is 42.6 Å². The lowest BCUT2D eigenvalue weighted by atomic mass is 10.1. The summed E-state index contributed by atoms with van der Waals surface area (Å²) < 4.78 is 10.8. The Kier molecular flexibility index (Phi) is 8.12. The van der Waals surface area contributed by atoms with Crippen LogP contribution in [0.2, 0.25) is 5.02 Å². The maximum absolute atomic E-state index is 7.71. The van der Waals surface area contributed by atoms with Crippen molar-refractivity contribution in [1.82, 2.24) is 0 Å². The molecular weight excluding hydrogens is 290 g/mol. The highest BCUT2D eigenvalue weighted by atomic mass is 35.5. The van der Waals surface area contributed by atoms with Crippen molar-refractivity contribution < 1.29 is 9.47 Å². The lowest BCUT2D eigenvalue weighted by Crippen LogP contribution is -2.33. The van der Waals surface area contributed by atoms with Crippen LogP contribution in [0.15, 0.2) is 18.2 Å². The Balaban J connectivity index is 2.93. The zero-order chi connectivity index (χ0) is 15.7. The van der Waals surface area contributed by atoms with Crippen LogP contribution in [0.5, 0.6) is 0 Å². The summed E-state index contributed by atoms with van der Waals surface area (Å²) in [7, 11) is 0. The molecule has 0 fully saturated rings. The Bertz CT molecular complexity index is 445. The fraction of sp³-hybridized carbons (Fsp3) is 0.533. The zero-order valence-electron chi connectivity index (χ0n) is 12.7. The van der Waals surface area contributed by atoms with E-state index in [1.807, 2.05) is 19.9 Å². The van der Waals surface area contributed by atoms with Crippen molar-refractivity contribution in [1.29, 1.82) is 5.41 Å². The smallest absolute Gasteiger partial charge is 0.124 e. The Morgan fingerprint density at radius 3 is 2.24 bits per heavy atom. The van der Waals surface area contributed by atoms with Crippen LogP contribution >= 0.6 is 11.6 Å². The molecule has 1 rings (SSSR count). The molecule has 118 valence electrons. The minimum Gasteiger partial charge on any atom is -0.384 e. The van der Waals surface area contributed by atoms with Gasteiger partial charge >= 0.3 is 0 Å². The van der Waals surface area contributed by atoms with Crippen LogP contribution in [0, 0.1) is 5.41 Å². The molecular formula is C15H24ClN3O2. The molecule has 0 aliphatic rings. The number of halogens is 1. The second-order valence-corrected chi connectivity index (χ2v) is 4.89. The Morgan fingerprint density at radius 1 is 1.19 bits per heavy atom. The molecule has 0 unspecified atom stereocenters. The molecule has 3 N–H and O–H groups in total. The normalized spacial score (nSPS) is 10.6. The number of nitrogens with two attached hydrogens (primary N) is 1. The van der Waals surface area contributed by atoms with Crippen LogP contribution in [0.1, 0.15) is 19.4 Å². The van der Waals surface area contributed by atoms with Gasteiger partial charge in [0.1, 0.15) is 5.84 Å². The van der Waals surface area contributed by atoms with Crippen molar-refractivity contribution in [2.45, 2.75) is 13.8 Å². The molecule has 0 atom stereocenters. The van der Waals surface area contributed by atoms with Crippen molar-refractivity contribution in [3.05, 3.63) is 28.8 Å². The largest absolute Gasteiger partial charge is 0.384 e. The number of ether oxygens (including phenoxy) is 2. The summed E-state index contributed by atoms with van der Waals surface area (Å²) in [6.45, 7) is 7.88. The highest BCUT2D eigenvalue weighted by molar-refractivity contribution is 6.31. The van der Waals surface area contributed by atoms with Gasteiger partial charge in [-0.2, -0.15) is 0 Å². The van der Waals surface area contributed by atoms with Gasteiger partial charge in [-0.3, -0.25) is 5.41 Å². The second kappa shape index (κ2) is 9.60. The van der Waals surface area contributed by atoms with E-state index in [0.29, 0.717) is 50.1 Å². The van der Waals surface area contributed by atoms with E-state index in [0.717, 1.165) is 5.69 Å². The molecule has 0 aliphatic heterocycles. The molecule has 21 heavy (non-hydrogen) atoms. The third-order valence-electron chi connectivity index (χ3n) is 3.01. The number of amidine groups is 1. The zero-order valence-corrected chi connectivity index (χ0v) is 13.4.